The van der Waals surface area contributed by atoms with Crippen LogP contribution in [0.5, 0.6) is 0 Å². The molecule has 0 unspecified atom stereocenters. The summed E-state index contributed by atoms with van der Waals surface area (Å²) in [6.45, 7) is 3.39. The van der Waals surface area contributed by atoms with E-state index in [1.54, 1.807) is 0 Å². The number of para-hydroxylation sites is 2. The molecule has 0 saturated carbocycles. The van der Waals surface area contributed by atoms with Gasteiger partial charge in [0.2, 0.25) is 0 Å². The maximum Gasteiger partial charge on any atom is 0.0635 e. The van der Waals surface area contributed by atoms with E-state index in [2.05, 4.69) is 69.9 Å². The largest absolute Gasteiger partial charge is 0.340 e. The summed E-state index contributed by atoms with van der Waals surface area (Å²) in [7, 11) is 0. The van der Waals surface area contributed by atoms with Gasteiger partial charge in [0.15, 0.2) is 0 Å². The molecule has 0 aliphatic heterocycles. The van der Waals surface area contributed by atoms with Gasteiger partial charge in [-0.3, -0.25) is 0 Å². The number of hydrogen-bond acceptors (Lipinski definition) is 0. The van der Waals surface area contributed by atoms with Gasteiger partial charge in [-0.15, -0.1) is 0 Å². The minimum atomic E-state index is 1.11. The molecule has 1 nitrogen and oxygen atoms in total. The van der Waals surface area contributed by atoms with Crippen molar-refractivity contribution in [3.8, 4) is 0 Å². The minimum Gasteiger partial charge on any atom is -0.340 e. The van der Waals surface area contributed by atoms with E-state index in [-0.39, 0.29) is 0 Å². The number of benzene rings is 2. The minimum absolute atomic E-state index is 1.11. The second-order valence-electron chi connectivity index (χ2n) is 6.78. The van der Waals surface area contributed by atoms with Crippen molar-refractivity contribution in [1.29, 1.82) is 0 Å². The van der Waals surface area contributed by atoms with Crippen molar-refractivity contribution >= 4 is 37.7 Å². The van der Waals surface area contributed by atoms with Gasteiger partial charge in [-0.2, -0.15) is 0 Å². The first kappa shape index (κ1) is 17.5. The predicted molar refractivity (Wildman–Crippen MR) is 110 cm³/mol. The number of aryl methyl sites for hydroxylation is 1. The zero-order chi connectivity index (χ0) is 16.8. The lowest BCUT2D eigenvalue weighted by atomic mass is 10.1. The molecule has 3 rings (SSSR count). The van der Waals surface area contributed by atoms with Crippen LogP contribution in [-0.2, 0) is 6.54 Å². The molecule has 0 fully saturated rings. The van der Waals surface area contributed by atoms with Crippen LogP contribution >= 0.6 is 15.9 Å². The molecule has 0 atom stereocenters. The first-order valence-electron chi connectivity index (χ1n) is 9.48. The van der Waals surface area contributed by atoms with Crippen molar-refractivity contribution in [3.63, 3.8) is 0 Å². The third-order valence-corrected chi connectivity index (χ3v) is 5.62. The van der Waals surface area contributed by atoms with Crippen LogP contribution in [0.15, 0.2) is 46.9 Å². The highest BCUT2D eigenvalue weighted by Crippen LogP contribution is 2.33. The Hall–Kier alpha value is -1.28. The van der Waals surface area contributed by atoms with Gasteiger partial charge in [0, 0.05) is 27.3 Å². The fraction of sp³-hybridized carbons (Fsp3) is 0.455. The topological polar surface area (TPSA) is 4.93 Å². The first-order valence-corrected chi connectivity index (χ1v) is 10.3. The van der Waals surface area contributed by atoms with Crippen LogP contribution in [-0.4, -0.2) is 4.57 Å². The van der Waals surface area contributed by atoms with Gasteiger partial charge in [0.25, 0.3) is 0 Å². The molecular weight excluding hydrogens is 358 g/mol. The molecule has 128 valence electrons. The first-order chi connectivity index (χ1) is 11.8. The van der Waals surface area contributed by atoms with Gasteiger partial charge in [-0.05, 0) is 34.5 Å². The van der Waals surface area contributed by atoms with Gasteiger partial charge < -0.3 is 4.57 Å². The lowest BCUT2D eigenvalue weighted by Crippen LogP contribution is -1.98. The second kappa shape index (κ2) is 8.71. The summed E-state index contributed by atoms with van der Waals surface area (Å²) >= 11 is 3.76. The SMILES string of the molecule is CCCCCCCCCCn1c2ccccc2c2cccc(Br)c21. The summed E-state index contributed by atoms with van der Waals surface area (Å²) in [6.07, 6.45) is 10.9. The summed E-state index contributed by atoms with van der Waals surface area (Å²) in [6, 6.07) is 15.3. The van der Waals surface area contributed by atoms with E-state index in [4.69, 9.17) is 0 Å². The Kier molecular flexibility index (Phi) is 6.37. The Morgan fingerprint density at radius 1 is 0.750 bits per heavy atom. The number of nitrogens with zero attached hydrogens (tertiary/aromatic N) is 1. The van der Waals surface area contributed by atoms with Crippen molar-refractivity contribution in [2.24, 2.45) is 0 Å². The summed E-state index contributed by atoms with van der Waals surface area (Å²) in [5, 5.41) is 2.73. The monoisotopic (exact) mass is 385 g/mol. The van der Waals surface area contributed by atoms with Crippen LogP contribution in [0.2, 0.25) is 0 Å². The Morgan fingerprint density at radius 3 is 2.21 bits per heavy atom. The van der Waals surface area contributed by atoms with Crippen LogP contribution in [0, 0.1) is 0 Å². The molecule has 0 spiro atoms. The van der Waals surface area contributed by atoms with E-state index in [9.17, 15) is 0 Å². The smallest absolute Gasteiger partial charge is 0.0635 e. The van der Waals surface area contributed by atoms with E-state index in [1.165, 1.54) is 77.6 Å². The maximum atomic E-state index is 3.76. The van der Waals surface area contributed by atoms with E-state index >= 15 is 0 Å². The van der Waals surface area contributed by atoms with E-state index in [0.29, 0.717) is 0 Å². The molecule has 0 bridgehead atoms. The maximum absolute atomic E-state index is 3.76. The second-order valence-corrected chi connectivity index (χ2v) is 7.63. The van der Waals surface area contributed by atoms with E-state index in [1.807, 2.05) is 0 Å². The molecule has 2 aromatic carbocycles. The van der Waals surface area contributed by atoms with Crippen LogP contribution in [0.3, 0.4) is 0 Å². The summed E-state index contributed by atoms with van der Waals surface area (Å²) in [5.74, 6) is 0. The lowest BCUT2D eigenvalue weighted by Gasteiger charge is -2.08. The molecular formula is C22H28BrN. The van der Waals surface area contributed by atoms with Gasteiger partial charge >= 0.3 is 0 Å². The van der Waals surface area contributed by atoms with Gasteiger partial charge in [-0.25, -0.2) is 0 Å². The predicted octanol–water partition coefficient (Wildman–Crippen LogP) is 7.70. The van der Waals surface area contributed by atoms with Crippen molar-refractivity contribution < 1.29 is 0 Å². The Balaban J connectivity index is 1.67. The quantitative estimate of drug-likeness (QED) is 0.332. The van der Waals surface area contributed by atoms with Crippen LogP contribution in [0.25, 0.3) is 21.8 Å². The lowest BCUT2D eigenvalue weighted by molar-refractivity contribution is 0.553. The molecule has 0 saturated heterocycles. The normalized spacial score (nSPS) is 11.6. The molecule has 0 aliphatic rings. The number of fused-ring (bicyclic) bond motifs is 3. The van der Waals surface area contributed by atoms with Gasteiger partial charge in [-0.1, -0.05) is 82.2 Å². The highest BCUT2D eigenvalue weighted by atomic mass is 79.9. The third-order valence-electron chi connectivity index (χ3n) is 4.98. The third kappa shape index (κ3) is 3.85. The van der Waals surface area contributed by atoms with Crippen LogP contribution in [0.4, 0.5) is 0 Å². The van der Waals surface area contributed by atoms with E-state index < -0.39 is 0 Å². The average molecular weight is 386 g/mol. The Labute approximate surface area is 154 Å². The molecule has 0 aliphatic carbocycles. The van der Waals surface area contributed by atoms with Crippen LogP contribution in [0.1, 0.15) is 58.3 Å². The summed E-state index contributed by atoms with van der Waals surface area (Å²) in [4.78, 5) is 0. The molecule has 24 heavy (non-hydrogen) atoms. The highest BCUT2D eigenvalue weighted by molar-refractivity contribution is 9.10. The number of hydrogen-bond donors (Lipinski definition) is 0. The zero-order valence-electron chi connectivity index (χ0n) is 14.7. The Morgan fingerprint density at radius 2 is 1.42 bits per heavy atom. The summed E-state index contributed by atoms with van der Waals surface area (Å²) in [5.41, 5.74) is 2.71. The van der Waals surface area contributed by atoms with E-state index in [0.717, 1.165) is 6.54 Å². The Bertz CT molecular complexity index is 787. The molecule has 0 N–H and O–H groups in total. The van der Waals surface area contributed by atoms with Gasteiger partial charge in [0.05, 0.1) is 5.52 Å². The molecule has 1 aromatic heterocycles. The highest BCUT2D eigenvalue weighted by Gasteiger charge is 2.11. The fourth-order valence-electron chi connectivity index (χ4n) is 3.70. The fourth-order valence-corrected chi connectivity index (χ4v) is 4.28. The standard InChI is InChI=1S/C22H28BrN/c1-2-3-4-5-6-7-8-11-17-24-21-16-10-9-13-18(21)19-14-12-15-20(23)22(19)24/h9-10,12-16H,2-8,11,17H2,1H3. The molecule has 1 heterocycles. The number of rotatable bonds is 9. The molecule has 2 heteroatoms. The number of unbranched alkanes of at least 4 members (excludes halogenated alkanes) is 7. The molecule has 0 amide bonds. The number of halogens is 1. The van der Waals surface area contributed by atoms with Crippen molar-refractivity contribution in [3.05, 3.63) is 46.9 Å². The summed E-state index contributed by atoms with van der Waals surface area (Å²) < 4.78 is 3.71. The molecule has 0 radical (unpaired) electrons. The number of aromatic nitrogens is 1. The van der Waals surface area contributed by atoms with Crippen molar-refractivity contribution in [2.45, 2.75) is 64.8 Å². The van der Waals surface area contributed by atoms with Crippen molar-refractivity contribution in [1.82, 2.24) is 4.57 Å². The zero-order valence-corrected chi connectivity index (χ0v) is 16.3. The van der Waals surface area contributed by atoms with Crippen LogP contribution < -0.4 is 0 Å². The average Bonchev–Trinajstić information content (AvgIpc) is 2.93. The van der Waals surface area contributed by atoms with Crippen molar-refractivity contribution in [2.75, 3.05) is 0 Å². The molecule has 3 aromatic rings. The van der Waals surface area contributed by atoms with Gasteiger partial charge in [0.1, 0.15) is 0 Å².